The average molecular weight is 755 g/mol. The Bertz CT molecular complexity index is 2420. The van der Waals surface area contributed by atoms with Gasteiger partial charge in [-0.05, 0) is 149 Å². The zero-order valence-corrected chi connectivity index (χ0v) is 35.4. The highest BCUT2D eigenvalue weighted by molar-refractivity contribution is 8.33. The third-order valence-electron chi connectivity index (χ3n) is 9.08. The Morgan fingerprint density at radius 2 is 0.784 bits per heavy atom. The second kappa shape index (κ2) is 12.3. The molecule has 268 valence electrons. The van der Waals surface area contributed by atoms with Gasteiger partial charge in [0.15, 0.2) is 32.3 Å². The summed E-state index contributed by atoms with van der Waals surface area (Å²) in [6.07, 6.45) is 27.1. The van der Waals surface area contributed by atoms with Crippen LogP contribution >= 0.6 is 40.1 Å². The van der Waals surface area contributed by atoms with Gasteiger partial charge >= 0.3 is 0 Å². The third-order valence-corrected chi connectivity index (χ3v) is 14.2. The van der Waals surface area contributed by atoms with Gasteiger partial charge in [0, 0.05) is 11.1 Å². The van der Waals surface area contributed by atoms with Crippen molar-refractivity contribution in [2.24, 2.45) is 0 Å². The van der Waals surface area contributed by atoms with E-state index in [0.717, 1.165) is 54.2 Å². The quantitative estimate of drug-likeness (QED) is 0.151. The molecule has 0 aliphatic rings. The van der Waals surface area contributed by atoms with Gasteiger partial charge in [-0.2, -0.15) is 50.1 Å². The van der Waals surface area contributed by atoms with Gasteiger partial charge in [-0.1, -0.05) is 48.5 Å². The second-order valence-electron chi connectivity index (χ2n) is 16.4. The van der Waals surface area contributed by atoms with E-state index in [9.17, 15) is 0 Å². The van der Waals surface area contributed by atoms with Crippen LogP contribution in [0, 0.1) is 6.92 Å². The van der Waals surface area contributed by atoms with Gasteiger partial charge in [0.1, 0.15) is 0 Å². The molecule has 5 aromatic carbocycles. The predicted octanol–water partition coefficient (Wildman–Crippen LogP) is 10.5. The summed E-state index contributed by atoms with van der Waals surface area (Å²) in [6.45, 7) is 2.20. The second-order valence-corrected chi connectivity index (χ2v) is 32.6. The topological polar surface area (TPSA) is 77.3 Å². The highest BCUT2D eigenvalue weighted by atomic mass is 32.3. The molecule has 0 radical (unpaired) electrons. The van der Waals surface area contributed by atoms with Crippen LogP contribution in [0.5, 0.6) is 0 Å². The van der Waals surface area contributed by atoms with Gasteiger partial charge in [0.05, 0.1) is 0 Å². The van der Waals surface area contributed by atoms with E-state index < -0.39 is 40.1 Å². The Balaban J connectivity index is 1.63. The maximum Gasteiger partial charge on any atom is 0.174 e. The van der Waals surface area contributed by atoms with Gasteiger partial charge in [-0.25, -0.2) is 19.9 Å². The van der Waals surface area contributed by atoms with Crippen LogP contribution in [0.25, 0.3) is 66.2 Å². The fraction of sp³-hybridized carbons (Fsp3) is 0.317. The Morgan fingerprint density at radius 1 is 0.373 bits per heavy atom. The SMILES string of the molecule is Cc1ccccc1-c1cc2c(-c3nc(S(C)(C)C)nc(S(C)(C)C)n3)ccc3ccc4c(-c5nc(S(C)(C)C)nc(S(C)(C)C)n5)ccc1c4c32. The normalized spacial score (nSPS) is 14.5. The first-order valence-electron chi connectivity index (χ1n) is 16.8. The first-order valence-corrected chi connectivity index (χ1v) is 28.2. The summed E-state index contributed by atoms with van der Waals surface area (Å²) in [6, 6.07) is 24.5. The number of hydrogen-bond acceptors (Lipinski definition) is 6. The van der Waals surface area contributed by atoms with Gasteiger partial charge in [-0.15, -0.1) is 0 Å². The fourth-order valence-electron chi connectivity index (χ4n) is 6.39. The zero-order chi connectivity index (χ0) is 36.8. The van der Waals surface area contributed by atoms with Crippen molar-refractivity contribution in [2.45, 2.75) is 27.5 Å². The number of benzene rings is 5. The van der Waals surface area contributed by atoms with Crippen LogP contribution in [0.2, 0.25) is 0 Å². The Kier molecular flexibility index (Phi) is 8.68. The lowest BCUT2D eigenvalue weighted by molar-refractivity contribution is 0.801. The highest BCUT2D eigenvalue weighted by Gasteiger charge is 2.26. The van der Waals surface area contributed by atoms with E-state index in [2.05, 4.69) is 149 Å². The smallest absolute Gasteiger partial charge is 0.174 e. The summed E-state index contributed by atoms with van der Waals surface area (Å²) in [7, 11) is -4.80. The molecule has 0 saturated carbocycles. The maximum atomic E-state index is 5.23. The summed E-state index contributed by atoms with van der Waals surface area (Å²) in [4.78, 5) is 31.0. The Labute approximate surface area is 309 Å². The van der Waals surface area contributed by atoms with Gasteiger partial charge < -0.3 is 0 Å². The lowest BCUT2D eigenvalue weighted by atomic mass is 9.85. The molecule has 0 unspecified atom stereocenters. The van der Waals surface area contributed by atoms with Crippen molar-refractivity contribution < 1.29 is 0 Å². The van der Waals surface area contributed by atoms with Crippen LogP contribution in [-0.2, 0) is 0 Å². The van der Waals surface area contributed by atoms with Crippen molar-refractivity contribution in [1.29, 1.82) is 0 Å². The molecular weight excluding hydrogens is 705 g/mol. The number of aryl methyl sites for hydroxylation is 1. The van der Waals surface area contributed by atoms with Crippen molar-refractivity contribution >= 4 is 72.4 Å². The van der Waals surface area contributed by atoms with Crippen LogP contribution in [0.15, 0.2) is 87.4 Å². The molecule has 0 atom stereocenters. The Hall–Kier alpha value is -3.44. The summed E-state index contributed by atoms with van der Waals surface area (Å²) in [5.74, 6) is 1.50. The minimum Gasteiger partial charge on any atom is -0.204 e. The summed E-state index contributed by atoms with van der Waals surface area (Å²) < 4.78 is 0. The van der Waals surface area contributed by atoms with Crippen molar-refractivity contribution in [1.82, 2.24) is 29.9 Å². The molecule has 7 aromatic rings. The van der Waals surface area contributed by atoms with Gasteiger partial charge in [0.25, 0.3) is 0 Å². The van der Waals surface area contributed by atoms with E-state index in [1.165, 1.54) is 38.2 Å². The molecule has 2 heterocycles. The first kappa shape index (κ1) is 35.9. The van der Waals surface area contributed by atoms with Crippen LogP contribution in [0.3, 0.4) is 0 Å². The van der Waals surface area contributed by atoms with Gasteiger partial charge in [-0.3, -0.25) is 0 Å². The molecule has 0 fully saturated rings. The molecular formula is C41H50N6S4. The molecule has 0 spiro atoms. The van der Waals surface area contributed by atoms with E-state index in [-0.39, 0.29) is 0 Å². The molecule has 51 heavy (non-hydrogen) atoms. The molecule has 2 aromatic heterocycles. The Morgan fingerprint density at radius 3 is 1.27 bits per heavy atom. The molecule has 10 heteroatoms. The molecule has 0 amide bonds. The standard InChI is InChI=1S/C41H50N6S4/c1-25-16-14-15-17-27(25)32-24-33-31(37-44-40(50(8,9)10)47-41(45-37)51(11,12)13)21-19-26-18-20-28-30(23-22-29(32)35(28)34(26)33)36-42-38(48(2,3)4)46-39(43-36)49(5,6)7/h14-24H,1-13H3. The molecule has 0 aliphatic heterocycles. The van der Waals surface area contributed by atoms with Crippen LogP contribution in [-0.4, -0.2) is 105 Å². The minimum absolute atomic E-state index is 0.752. The number of aromatic nitrogens is 6. The maximum absolute atomic E-state index is 5.23. The van der Waals surface area contributed by atoms with E-state index in [1.54, 1.807) is 0 Å². The zero-order valence-electron chi connectivity index (χ0n) is 32.2. The molecule has 0 bridgehead atoms. The van der Waals surface area contributed by atoms with Crippen molar-refractivity contribution in [3.05, 3.63) is 72.3 Å². The van der Waals surface area contributed by atoms with Gasteiger partial charge in [0.2, 0.25) is 0 Å². The van der Waals surface area contributed by atoms with Crippen molar-refractivity contribution in [3.8, 4) is 33.9 Å². The summed E-state index contributed by atoms with van der Waals surface area (Å²) in [5, 5.41) is 10.7. The monoisotopic (exact) mass is 754 g/mol. The van der Waals surface area contributed by atoms with Crippen LogP contribution < -0.4 is 0 Å². The van der Waals surface area contributed by atoms with E-state index in [0.29, 0.717) is 0 Å². The van der Waals surface area contributed by atoms with E-state index in [4.69, 9.17) is 29.9 Å². The third kappa shape index (κ3) is 6.58. The van der Waals surface area contributed by atoms with Crippen molar-refractivity contribution in [3.63, 3.8) is 0 Å². The largest absolute Gasteiger partial charge is 0.204 e. The summed E-state index contributed by atoms with van der Waals surface area (Å²) >= 11 is 0. The number of nitrogens with zero attached hydrogens (tertiary/aromatic N) is 6. The summed E-state index contributed by atoms with van der Waals surface area (Å²) in [5.41, 5.74) is 5.72. The molecule has 0 N–H and O–H groups in total. The molecule has 7 rings (SSSR count). The lowest BCUT2D eigenvalue weighted by Gasteiger charge is -2.29. The lowest BCUT2D eigenvalue weighted by Crippen LogP contribution is -2.10. The number of rotatable bonds is 7. The molecule has 0 saturated heterocycles. The average Bonchev–Trinajstić information content (AvgIpc) is 3.05. The molecule has 6 nitrogen and oxygen atoms in total. The van der Waals surface area contributed by atoms with Crippen molar-refractivity contribution in [2.75, 3.05) is 75.1 Å². The predicted molar refractivity (Wildman–Crippen MR) is 232 cm³/mol. The highest BCUT2D eigenvalue weighted by Crippen LogP contribution is 2.51. The first-order chi connectivity index (χ1) is 23.7. The van der Waals surface area contributed by atoms with E-state index >= 15 is 0 Å². The fourth-order valence-corrected chi connectivity index (χ4v) is 9.38. The van der Waals surface area contributed by atoms with E-state index in [1.807, 2.05) is 0 Å². The number of hydrogen-bond donors (Lipinski definition) is 0. The molecule has 0 aliphatic carbocycles. The van der Waals surface area contributed by atoms with Crippen LogP contribution in [0.4, 0.5) is 0 Å². The minimum atomic E-state index is -1.20. The van der Waals surface area contributed by atoms with Crippen LogP contribution in [0.1, 0.15) is 5.56 Å².